The van der Waals surface area contributed by atoms with E-state index in [1.165, 1.54) is 17.2 Å². The summed E-state index contributed by atoms with van der Waals surface area (Å²) in [7, 11) is 0. The molecule has 0 radical (unpaired) electrons. The van der Waals surface area contributed by atoms with Crippen molar-refractivity contribution in [3.05, 3.63) is 36.5 Å². The molecule has 2 heterocycles. The maximum atomic E-state index is 5.93. The number of hydrogen-bond acceptors (Lipinski definition) is 3. The maximum absolute atomic E-state index is 5.93. The minimum absolute atomic E-state index is 0.420. The van der Waals surface area contributed by atoms with E-state index in [0.717, 1.165) is 12.4 Å². The first kappa shape index (κ1) is 11.5. The molecule has 0 spiro atoms. The first-order valence-electron chi connectivity index (χ1n) is 6.61. The van der Waals surface area contributed by atoms with Gasteiger partial charge in [0.25, 0.3) is 0 Å². The highest BCUT2D eigenvalue weighted by molar-refractivity contribution is 5.92. The van der Waals surface area contributed by atoms with Gasteiger partial charge in [0.2, 0.25) is 0 Å². The molecule has 94 valence electrons. The summed E-state index contributed by atoms with van der Waals surface area (Å²) in [6, 6.07) is 10.9. The van der Waals surface area contributed by atoms with Crippen molar-refractivity contribution in [1.29, 1.82) is 0 Å². The fourth-order valence-electron chi connectivity index (χ4n) is 2.96. The van der Waals surface area contributed by atoms with Crippen LogP contribution >= 0.6 is 0 Å². The summed E-state index contributed by atoms with van der Waals surface area (Å²) in [6.07, 6.45) is 3.10. The Labute approximate surface area is 108 Å². The van der Waals surface area contributed by atoms with Crippen LogP contribution in [0, 0.1) is 5.92 Å². The smallest absolute Gasteiger partial charge is 0.136 e. The molecule has 0 amide bonds. The van der Waals surface area contributed by atoms with Crippen LogP contribution in [0.3, 0.4) is 0 Å². The summed E-state index contributed by atoms with van der Waals surface area (Å²) >= 11 is 0. The second-order valence-electron chi connectivity index (χ2n) is 5.12. The summed E-state index contributed by atoms with van der Waals surface area (Å²) in [4.78, 5) is 6.97. The van der Waals surface area contributed by atoms with Crippen LogP contribution in [-0.2, 0) is 0 Å². The molecule has 3 nitrogen and oxygen atoms in total. The Morgan fingerprint density at radius 3 is 3.00 bits per heavy atom. The Hall–Kier alpha value is -1.61. The minimum Gasteiger partial charge on any atom is -0.352 e. The van der Waals surface area contributed by atoms with E-state index in [1.54, 1.807) is 0 Å². The third kappa shape index (κ3) is 1.75. The molecule has 2 N–H and O–H groups in total. The highest BCUT2D eigenvalue weighted by Crippen LogP contribution is 2.32. The van der Waals surface area contributed by atoms with E-state index in [9.17, 15) is 0 Å². The van der Waals surface area contributed by atoms with Crippen molar-refractivity contribution in [2.45, 2.75) is 19.4 Å². The molecule has 2 unspecified atom stereocenters. The molecule has 1 aromatic heterocycles. The lowest BCUT2D eigenvalue weighted by Crippen LogP contribution is -2.38. The predicted molar refractivity (Wildman–Crippen MR) is 75.7 cm³/mol. The fourth-order valence-corrected chi connectivity index (χ4v) is 2.96. The summed E-state index contributed by atoms with van der Waals surface area (Å²) in [5.74, 6) is 1.74. The van der Waals surface area contributed by atoms with Gasteiger partial charge in [-0.25, -0.2) is 4.98 Å². The van der Waals surface area contributed by atoms with Crippen molar-refractivity contribution in [1.82, 2.24) is 4.98 Å². The van der Waals surface area contributed by atoms with Crippen molar-refractivity contribution in [3.63, 3.8) is 0 Å². The van der Waals surface area contributed by atoms with Crippen molar-refractivity contribution < 1.29 is 0 Å². The summed E-state index contributed by atoms with van der Waals surface area (Å²) in [6.45, 7) is 4.04. The van der Waals surface area contributed by atoms with Gasteiger partial charge in [-0.05, 0) is 23.8 Å². The molecule has 0 aliphatic carbocycles. The summed E-state index contributed by atoms with van der Waals surface area (Å²) < 4.78 is 0. The third-order valence-corrected chi connectivity index (χ3v) is 4.05. The van der Waals surface area contributed by atoms with E-state index in [-0.39, 0.29) is 0 Å². The van der Waals surface area contributed by atoms with Crippen molar-refractivity contribution in [2.75, 3.05) is 18.0 Å². The van der Waals surface area contributed by atoms with Gasteiger partial charge >= 0.3 is 0 Å². The number of anilines is 1. The summed E-state index contributed by atoms with van der Waals surface area (Å²) in [5, 5.41) is 2.48. The largest absolute Gasteiger partial charge is 0.352 e. The number of rotatable bonds is 2. The van der Waals surface area contributed by atoms with E-state index >= 15 is 0 Å². The number of fused-ring (bicyclic) bond motifs is 1. The van der Waals surface area contributed by atoms with Gasteiger partial charge in [0.05, 0.1) is 0 Å². The molecule has 1 aromatic carbocycles. The lowest BCUT2D eigenvalue weighted by molar-refractivity contribution is 0.518. The van der Waals surface area contributed by atoms with Gasteiger partial charge in [-0.2, -0.15) is 0 Å². The second-order valence-corrected chi connectivity index (χ2v) is 5.12. The normalized spacial score (nSPS) is 23.8. The van der Waals surface area contributed by atoms with E-state index in [1.807, 2.05) is 6.20 Å². The van der Waals surface area contributed by atoms with Crippen LogP contribution in [-0.4, -0.2) is 24.1 Å². The molecule has 3 rings (SSSR count). The van der Waals surface area contributed by atoms with E-state index in [2.05, 4.69) is 47.1 Å². The average molecular weight is 241 g/mol. The fraction of sp³-hybridized carbons (Fsp3) is 0.400. The number of pyridine rings is 1. The second kappa shape index (κ2) is 4.58. The molecule has 2 aromatic rings. The van der Waals surface area contributed by atoms with E-state index in [0.29, 0.717) is 18.5 Å². The number of nitrogens with zero attached hydrogens (tertiary/aromatic N) is 2. The summed E-state index contributed by atoms with van der Waals surface area (Å²) in [5.41, 5.74) is 5.93. The highest BCUT2D eigenvalue weighted by atomic mass is 15.2. The van der Waals surface area contributed by atoms with Crippen LogP contribution in [0.5, 0.6) is 0 Å². The molecule has 1 aliphatic heterocycles. The monoisotopic (exact) mass is 241 g/mol. The van der Waals surface area contributed by atoms with Crippen molar-refractivity contribution in [2.24, 2.45) is 11.7 Å². The zero-order chi connectivity index (χ0) is 12.5. The molecule has 18 heavy (non-hydrogen) atoms. The molecule has 2 atom stereocenters. The average Bonchev–Trinajstić information content (AvgIpc) is 2.79. The van der Waals surface area contributed by atoms with Gasteiger partial charge in [-0.1, -0.05) is 31.2 Å². The van der Waals surface area contributed by atoms with Gasteiger partial charge in [0.1, 0.15) is 5.82 Å². The molecular weight excluding hydrogens is 222 g/mol. The molecular formula is C15H19N3. The van der Waals surface area contributed by atoms with Gasteiger partial charge in [0, 0.05) is 30.7 Å². The van der Waals surface area contributed by atoms with Crippen LogP contribution in [0.4, 0.5) is 5.82 Å². The SMILES string of the molecule is CC1CCN(c2nccc3ccccc23)C1CN. The van der Waals surface area contributed by atoms with Crippen LogP contribution in [0.2, 0.25) is 0 Å². The molecule has 1 aliphatic rings. The van der Waals surface area contributed by atoms with Crippen LogP contribution < -0.4 is 10.6 Å². The standard InChI is InChI=1S/C15H19N3/c1-11-7-9-18(14(11)10-16)15-13-5-3-2-4-12(13)6-8-17-15/h2-6,8,11,14H,7,9-10,16H2,1H3. The van der Waals surface area contributed by atoms with Gasteiger partial charge in [0.15, 0.2) is 0 Å². The number of aromatic nitrogens is 1. The van der Waals surface area contributed by atoms with Gasteiger partial charge < -0.3 is 10.6 Å². The molecule has 0 saturated carbocycles. The Bertz CT molecular complexity index is 547. The van der Waals surface area contributed by atoms with Crippen LogP contribution in [0.15, 0.2) is 36.5 Å². The lowest BCUT2D eigenvalue weighted by atomic mass is 10.0. The minimum atomic E-state index is 0.420. The zero-order valence-corrected chi connectivity index (χ0v) is 10.7. The molecule has 1 fully saturated rings. The predicted octanol–water partition coefficient (Wildman–Crippen LogP) is 2.41. The quantitative estimate of drug-likeness (QED) is 0.878. The molecule has 1 saturated heterocycles. The van der Waals surface area contributed by atoms with E-state index < -0.39 is 0 Å². The van der Waals surface area contributed by atoms with Crippen LogP contribution in [0.25, 0.3) is 10.8 Å². The molecule has 0 bridgehead atoms. The first-order chi connectivity index (χ1) is 8.81. The topological polar surface area (TPSA) is 42.2 Å². The number of nitrogens with two attached hydrogens (primary N) is 1. The van der Waals surface area contributed by atoms with Crippen molar-refractivity contribution >= 4 is 16.6 Å². The van der Waals surface area contributed by atoms with Crippen LogP contribution in [0.1, 0.15) is 13.3 Å². The highest BCUT2D eigenvalue weighted by Gasteiger charge is 2.31. The Morgan fingerprint density at radius 1 is 1.33 bits per heavy atom. The molecule has 3 heteroatoms. The Kier molecular flexibility index (Phi) is 2.92. The third-order valence-electron chi connectivity index (χ3n) is 4.05. The lowest BCUT2D eigenvalue weighted by Gasteiger charge is -2.27. The Balaban J connectivity index is 2.09. The van der Waals surface area contributed by atoms with Crippen molar-refractivity contribution in [3.8, 4) is 0 Å². The zero-order valence-electron chi connectivity index (χ0n) is 10.7. The van der Waals surface area contributed by atoms with Gasteiger partial charge in [-0.15, -0.1) is 0 Å². The maximum Gasteiger partial charge on any atom is 0.136 e. The first-order valence-corrected chi connectivity index (χ1v) is 6.61. The number of benzene rings is 1. The Morgan fingerprint density at radius 2 is 2.17 bits per heavy atom. The van der Waals surface area contributed by atoms with Gasteiger partial charge in [-0.3, -0.25) is 0 Å². The van der Waals surface area contributed by atoms with E-state index in [4.69, 9.17) is 5.73 Å². The number of hydrogen-bond donors (Lipinski definition) is 1.